The van der Waals surface area contributed by atoms with Crippen LogP contribution in [-0.2, 0) is 19.6 Å². The molecular formula is C9H11NO6S2. The fraction of sp³-hybridized carbons (Fsp3) is 0.333. The normalized spacial score (nSPS) is 11.5. The number of thiophene rings is 1. The molecule has 1 aromatic rings. The molecule has 0 aliphatic carbocycles. The van der Waals surface area contributed by atoms with Crippen LogP contribution in [0.2, 0.25) is 0 Å². The zero-order chi connectivity index (χ0) is 13.9. The molecule has 0 bridgehead atoms. The van der Waals surface area contributed by atoms with Crippen LogP contribution >= 0.6 is 11.3 Å². The number of methoxy groups -OCH3 is 1. The number of carbonyl (C=O) groups excluding carboxylic acids is 1. The molecule has 0 unspecified atom stereocenters. The molecule has 0 saturated carbocycles. The number of esters is 1. The molecule has 0 atom stereocenters. The van der Waals surface area contributed by atoms with Gasteiger partial charge in [0.05, 0.1) is 7.11 Å². The third kappa shape index (κ3) is 2.86. The van der Waals surface area contributed by atoms with E-state index in [-0.39, 0.29) is 9.77 Å². The third-order valence-corrected chi connectivity index (χ3v) is 4.92. The van der Waals surface area contributed by atoms with Gasteiger partial charge in [0, 0.05) is 7.05 Å². The molecular weight excluding hydrogens is 282 g/mol. The molecule has 100 valence electrons. The highest BCUT2D eigenvalue weighted by Gasteiger charge is 2.29. The van der Waals surface area contributed by atoms with Gasteiger partial charge in [-0.1, -0.05) is 0 Å². The first-order chi connectivity index (χ1) is 8.30. The Labute approximate surface area is 108 Å². The van der Waals surface area contributed by atoms with E-state index >= 15 is 0 Å². The van der Waals surface area contributed by atoms with Gasteiger partial charge in [-0.15, -0.1) is 11.3 Å². The van der Waals surface area contributed by atoms with Crippen LogP contribution in [0, 0.1) is 0 Å². The van der Waals surface area contributed by atoms with Gasteiger partial charge < -0.3 is 9.84 Å². The second-order valence-corrected chi connectivity index (χ2v) is 6.19. The molecule has 0 amide bonds. The number of sulfonamides is 1. The summed E-state index contributed by atoms with van der Waals surface area (Å²) in [4.78, 5) is 21.6. The summed E-state index contributed by atoms with van der Waals surface area (Å²) in [6.07, 6.45) is 0. The Kier molecular flexibility index (Phi) is 4.43. The van der Waals surface area contributed by atoms with Gasteiger partial charge in [0.2, 0.25) is 10.0 Å². The first kappa shape index (κ1) is 14.6. The maximum Gasteiger partial charge on any atom is 0.349 e. The van der Waals surface area contributed by atoms with Crippen molar-refractivity contribution in [2.75, 3.05) is 20.7 Å². The number of aliphatic carboxylic acids is 1. The molecule has 0 aliphatic heterocycles. The Morgan fingerprint density at radius 2 is 2.11 bits per heavy atom. The predicted octanol–water partition coefficient (Wildman–Crippen LogP) is 0.240. The van der Waals surface area contributed by atoms with E-state index in [0.29, 0.717) is 4.31 Å². The first-order valence-corrected chi connectivity index (χ1v) is 6.96. The van der Waals surface area contributed by atoms with Gasteiger partial charge in [0.1, 0.15) is 16.3 Å². The lowest BCUT2D eigenvalue weighted by molar-refractivity contribution is -0.137. The topological polar surface area (TPSA) is 101 Å². The second kappa shape index (κ2) is 5.46. The molecule has 1 heterocycles. The van der Waals surface area contributed by atoms with Gasteiger partial charge >= 0.3 is 11.9 Å². The van der Waals surface area contributed by atoms with Crippen LogP contribution in [0.4, 0.5) is 0 Å². The van der Waals surface area contributed by atoms with E-state index in [1.807, 2.05) is 0 Å². The van der Waals surface area contributed by atoms with Crippen LogP contribution in [0.15, 0.2) is 16.3 Å². The number of ether oxygens (including phenoxy) is 1. The van der Waals surface area contributed by atoms with Gasteiger partial charge in [-0.3, -0.25) is 4.79 Å². The van der Waals surface area contributed by atoms with Crippen molar-refractivity contribution in [3.05, 3.63) is 16.3 Å². The van der Waals surface area contributed by atoms with Crippen LogP contribution in [0.25, 0.3) is 0 Å². The number of carbonyl (C=O) groups is 2. The summed E-state index contributed by atoms with van der Waals surface area (Å²) in [6.45, 7) is -0.682. The number of nitrogens with zero attached hydrogens (tertiary/aromatic N) is 1. The van der Waals surface area contributed by atoms with Crippen molar-refractivity contribution < 1.29 is 27.9 Å². The zero-order valence-corrected chi connectivity index (χ0v) is 11.2. The molecule has 0 aromatic carbocycles. The van der Waals surface area contributed by atoms with E-state index in [1.54, 1.807) is 0 Å². The van der Waals surface area contributed by atoms with Crippen LogP contribution in [0.1, 0.15) is 9.67 Å². The summed E-state index contributed by atoms with van der Waals surface area (Å²) in [5.41, 5.74) is 0. The van der Waals surface area contributed by atoms with Crippen molar-refractivity contribution in [3.63, 3.8) is 0 Å². The second-order valence-electron chi connectivity index (χ2n) is 3.26. The molecule has 1 rings (SSSR count). The van der Waals surface area contributed by atoms with Gasteiger partial charge in [-0.05, 0) is 11.4 Å². The van der Waals surface area contributed by atoms with Crippen molar-refractivity contribution in [3.8, 4) is 0 Å². The molecule has 7 nitrogen and oxygen atoms in total. The van der Waals surface area contributed by atoms with E-state index in [0.717, 1.165) is 25.5 Å². The van der Waals surface area contributed by atoms with Gasteiger partial charge in [-0.25, -0.2) is 13.2 Å². The highest BCUT2D eigenvalue weighted by Crippen LogP contribution is 2.25. The maximum atomic E-state index is 12.0. The Morgan fingerprint density at radius 3 is 2.61 bits per heavy atom. The Hall–Kier alpha value is -1.45. The quantitative estimate of drug-likeness (QED) is 0.780. The van der Waals surface area contributed by atoms with Crippen molar-refractivity contribution in [2.45, 2.75) is 4.90 Å². The molecule has 1 aromatic heterocycles. The molecule has 0 fully saturated rings. The smallest absolute Gasteiger partial charge is 0.349 e. The average molecular weight is 293 g/mol. The molecule has 0 spiro atoms. The highest BCUT2D eigenvalue weighted by atomic mass is 32.2. The number of rotatable bonds is 5. The summed E-state index contributed by atoms with van der Waals surface area (Å²) in [5, 5.41) is 10.00. The van der Waals surface area contributed by atoms with Crippen LogP contribution in [-0.4, -0.2) is 50.5 Å². The number of carboxylic acid groups (broad SMARTS) is 1. The predicted molar refractivity (Wildman–Crippen MR) is 63.1 cm³/mol. The van der Waals surface area contributed by atoms with E-state index in [2.05, 4.69) is 4.74 Å². The number of carboxylic acids is 1. The Bertz CT molecular complexity index is 561. The number of hydrogen-bond donors (Lipinski definition) is 1. The standard InChI is InChI=1S/C9H11NO6S2/c1-10(5-7(11)12)18(14,15)6-3-4-17-8(6)9(13)16-2/h3-4H,5H2,1-2H3,(H,11,12). The monoisotopic (exact) mass is 293 g/mol. The Balaban J connectivity index is 3.17. The van der Waals surface area contributed by atoms with Crippen molar-refractivity contribution in [2.24, 2.45) is 0 Å². The molecule has 18 heavy (non-hydrogen) atoms. The van der Waals surface area contributed by atoms with Gasteiger partial charge in [-0.2, -0.15) is 4.31 Å². The number of likely N-dealkylation sites (N-methyl/N-ethyl adjacent to an activating group) is 1. The largest absolute Gasteiger partial charge is 0.480 e. The highest BCUT2D eigenvalue weighted by molar-refractivity contribution is 7.89. The summed E-state index contributed by atoms with van der Waals surface area (Å²) < 4.78 is 29.2. The summed E-state index contributed by atoms with van der Waals surface area (Å²) in [7, 11) is -1.75. The summed E-state index contributed by atoms with van der Waals surface area (Å²) in [5.74, 6) is -2.05. The molecule has 0 aliphatic rings. The van der Waals surface area contributed by atoms with Crippen LogP contribution in [0.5, 0.6) is 0 Å². The zero-order valence-electron chi connectivity index (χ0n) is 9.61. The number of hydrogen-bond acceptors (Lipinski definition) is 6. The lowest BCUT2D eigenvalue weighted by atomic mass is 10.5. The summed E-state index contributed by atoms with van der Waals surface area (Å²) in [6, 6.07) is 1.24. The van der Waals surface area contributed by atoms with Gasteiger partial charge in [0.25, 0.3) is 0 Å². The van der Waals surface area contributed by atoms with Crippen molar-refractivity contribution >= 4 is 33.3 Å². The SMILES string of the molecule is COC(=O)c1sccc1S(=O)(=O)N(C)CC(=O)O. The van der Waals surface area contributed by atoms with Crippen molar-refractivity contribution in [1.29, 1.82) is 0 Å². The fourth-order valence-corrected chi connectivity index (χ4v) is 3.61. The van der Waals surface area contributed by atoms with E-state index < -0.39 is 28.5 Å². The molecule has 1 N–H and O–H groups in total. The first-order valence-electron chi connectivity index (χ1n) is 4.64. The van der Waals surface area contributed by atoms with Crippen molar-refractivity contribution in [1.82, 2.24) is 4.31 Å². The van der Waals surface area contributed by atoms with E-state index in [9.17, 15) is 18.0 Å². The Morgan fingerprint density at radius 1 is 1.50 bits per heavy atom. The van der Waals surface area contributed by atoms with Crippen LogP contribution in [0.3, 0.4) is 0 Å². The molecule has 0 radical (unpaired) electrons. The average Bonchev–Trinajstić information content (AvgIpc) is 2.76. The molecule has 0 saturated heterocycles. The summed E-state index contributed by atoms with van der Waals surface area (Å²) >= 11 is 0.918. The van der Waals surface area contributed by atoms with E-state index in [1.165, 1.54) is 11.4 Å². The van der Waals surface area contributed by atoms with E-state index in [4.69, 9.17) is 5.11 Å². The lowest BCUT2D eigenvalue weighted by Crippen LogP contribution is -2.32. The fourth-order valence-electron chi connectivity index (χ4n) is 1.19. The minimum Gasteiger partial charge on any atom is -0.480 e. The van der Waals surface area contributed by atoms with Crippen LogP contribution < -0.4 is 0 Å². The minimum absolute atomic E-state index is 0.0743. The minimum atomic E-state index is -4.01. The third-order valence-electron chi connectivity index (χ3n) is 2.05. The maximum absolute atomic E-state index is 12.0. The van der Waals surface area contributed by atoms with Gasteiger partial charge in [0.15, 0.2) is 0 Å². The molecule has 9 heteroatoms. The lowest BCUT2D eigenvalue weighted by Gasteiger charge is -2.14.